The topological polar surface area (TPSA) is 61.4 Å². The molecule has 1 amide bonds. The van der Waals surface area contributed by atoms with Gasteiger partial charge in [0.2, 0.25) is 5.91 Å². The van der Waals surface area contributed by atoms with E-state index in [9.17, 15) is 18.0 Å². The first-order valence-corrected chi connectivity index (χ1v) is 12.7. The predicted octanol–water partition coefficient (Wildman–Crippen LogP) is 5.91. The maximum atomic E-state index is 14.8. The van der Waals surface area contributed by atoms with Crippen LogP contribution in [0.25, 0.3) is 10.8 Å². The van der Waals surface area contributed by atoms with Gasteiger partial charge in [0.1, 0.15) is 5.82 Å². The van der Waals surface area contributed by atoms with Gasteiger partial charge in [-0.1, -0.05) is 18.2 Å². The second kappa shape index (κ2) is 9.28. The van der Waals surface area contributed by atoms with Crippen LogP contribution in [0.2, 0.25) is 0 Å². The predicted molar refractivity (Wildman–Crippen MR) is 139 cm³/mol. The molecule has 9 heteroatoms. The monoisotopic (exact) mass is 511 g/mol. The van der Waals surface area contributed by atoms with E-state index >= 15 is 0 Å². The number of hydrogen-bond donors (Lipinski definition) is 1. The Balaban J connectivity index is 1.57. The van der Waals surface area contributed by atoms with Crippen LogP contribution < -0.4 is 10.2 Å². The van der Waals surface area contributed by atoms with E-state index in [2.05, 4.69) is 27.5 Å². The molecule has 1 fully saturated rings. The summed E-state index contributed by atoms with van der Waals surface area (Å²) in [5.41, 5.74) is 1.30. The summed E-state index contributed by atoms with van der Waals surface area (Å²) in [6, 6.07) is 7.63. The van der Waals surface area contributed by atoms with Crippen molar-refractivity contribution in [2.45, 2.75) is 64.5 Å². The molecule has 196 valence electrons. The third kappa shape index (κ3) is 4.23. The third-order valence-electron chi connectivity index (χ3n) is 8.00. The number of rotatable bonds is 6. The molecule has 6 nitrogen and oxygen atoms in total. The number of aryl methyl sites for hydroxylation is 1. The number of benzene rings is 2. The van der Waals surface area contributed by atoms with Crippen molar-refractivity contribution in [3.63, 3.8) is 0 Å². The molecular weight excluding hydrogens is 479 g/mol. The number of nitrogens with one attached hydrogen (secondary N) is 1. The Hall–Kier alpha value is -3.20. The molecule has 2 aliphatic heterocycles. The molecule has 37 heavy (non-hydrogen) atoms. The van der Waals surface area contributed by atoms with Crippen LogP contribution in [0.15, 0.2) is 30.3 Å². The SMILES string of the molecule is Cc1nnc(NC(C)c2cccc(C(F)F)c2F)c2cc3c(cc12)C(C)(C)C(=O)N3CC1CCCN1C. The first-order valence-electron chi connectivity index (χ1n) is 12.7. The Bertz CT molecular complexity index is 1380. The highest BCUT2D eigenvalue weighted by atomic mass is 19.3. The van der Waals surface area contributed by atoms with Crippen molar-refractivity contribution in [1.82, 2.24) is 15.1 Å². The fraction of sp³-hybridized carbons (Fsp3) is 0.464. The molecule has 1 saturated heterocycles. The summed E-state index contributed by atoms with van der Waals surface area (Å²) in [6.45, 7) is 9.08. The van der Waals surface area contributed by atoms with Crippen LogP contribution >= 0.6 is 0 Å². The van der Waals surface area contributed by atoms with Crippen LogP contribution in [0.5, 0.6) is 0 Å². The molecule has 1 N–H and O–H groups in total. The van der Waals surface area contributed by atoms with E-state index in [1.165, 1.54) is 12.1 Å². The number of carbonyl (C=O) groups is 1. The van der Waals surface area contributed by atoms with Crippen LogP contribution in [0, 0.1) is 12.7 Å². The quantitative estimate of drug-likeness (QED) is 0.446. The number of fused-ring (bicyclic) bond motifs is 2. The lowest BCUT2D eigenvalue weighted by Gasteiger charge is -2.27. The summed E-state index contributed by atoms with van der Waals surface area (Å²) in [6.07, 6.45) is -0.747. The van der Waals surface area contributed by atoms with Gasteiger partial charge in [0.15, 0.2) is 5.82 Å². The molecule has 0 aliphatic carbocycles. The zero-order valence-corrected chi connectivity index (χ0v) is 21.8. The first-order chi connectivity index (χ1) is 17.5. The standard InChI is InChI=1S/C28H32F3N5O/c1-15(18-9-6-10-19(24(18)29)25(30)31)32-26-21-13-23-22(12-20(21)16(2)33-34-26)28(3,4)27(37)36(23)14-17-8-7-11-35(17)5/h6,9-10,12-13,15,17,25H,7-8,11,14H2,1-5H3,(H,32,34). The van der Waals surface area contributed by atoms with Crippen LogP contribution in [0.3, 0.4) is 0 Å². The normalized spacial score (nSPS) is 20.2. The lowest BCUT2D eigenvalue weighted by molar-refractivity contribution is -0.122. The van der Waals surface area contributed by atoms with Gasteiger partial charge in [0.05, 0.1) is 22.7 Å². The van der Waals surface area contributed by atoms with Crippen LogP contribution in [0.1, 0.15) is 68.5 Å². The van der Waals surface area contributed by atoms with Gasteiger partial charge in [-0.15, -0.1) is 5.10 Å². The van der Waals surface area contributed by atoms with Gasteiger partial charge in [-0.2, -0.15) is 5.10 Å². The minimum Gasteiger partial charge on any atom is -0.361 e. The Morgan fingerprint density at radius 1 is 1.16 bits per heavy atom. The second-order valence-corrected chi connectivity index (χ2v) is 10.8. The molecule has 3 heterocycles. The van der Waals surface area contributed by atoms with Crippen molar-refractivity contribution in [3.8, 4) is 0 Å². The Kier molecular flexibility index (Phi) is 6.38. The average molecular weight is 512 g/mol. The molecule has 0 bridgehead atoms. The molecule has 3 aromatic rings. The summed E-state index contributed by atoms with van der Waals surface area (Å²) in [5.74, 6) is -0.458. The van der Waals surface area contributed by atoms with Crippen molar-refractivity contribution in [3.05, 3.63) is 58.5 Å². The van der Waals surface area contributed by atoms with Crippen molar-refractivity contribution in [2.75, 3.05) is 30.4 Å². The maximum absolute atomic E-state index is 14.8. The van der Waals surface area contributed by atoms with E-state index in [0.29, 0.717) is 24.1 Å². The van der Waals surface area contributed by atoms with E-state index in [1.54, 1.807) is 6.92 Å². The second-order valence-electron chi connectivity index (χ2n) is 10.8. The Morgan fingerprint density at radius 3 is 2.57 bits per heavy atom. The number of halogens is 3. The van der Waals surface area contributed by atoms with Gasteiger partial charge in [-0.05, 0) is 71.8 Å². The lowest BCUT2D eigenvalue weighted by atomic mass is 9.85. The number of likely N-dealkylation sites (tertiary alicyclic amines) is 1. The van der Waals surface area contributed by atoms with Gasteiger partial charge < -0.3 is 15.1 Å². The van der Waals surface area contributed by atoms with E-state index in [4.69, 9.17) is 0 Å². The molecule has 5 rings (SSSR count). The fourth-order valence-corrected chi connectivity index (χ4v) is 5.66. The average Bonchev–Trinajstić information content (AvgIpc) is 3.34. The van der Waals surface area contributed by atoms with E-state index in [0.717, 1.165) is 47.5 Å². The number of carbonyl (C=O) groups excluding carboxylic acids is 1. The summed E-state index contributed by atoms with van der Waals surface area (Å²) in [7, 11) is 2.09. The highest BCUT2D eigenvalue weighted by Gasteiger charge is 2.45. The lowest BCUT2D eigenvalue weighted by Crippen LogP contribution is -2.43. The minimum atomic E-state index is -2.90. The third-order valence-corrected chi connectivity index (χ3v) is 8.00. The molecule has 2 atom stereocenters. The van der Waals surface area contributed by atoms with Crippen molar-refractivity contribution in [2.24, 2.45) is 0 Å². The number of amides is 1. The van der Waals surface area contributed by atoms with Gasteiger partial charge in [0, 0.05) is 34.6 Å². The largest absolute Gasteiger partial charge is 0.361 e. The van der Waals surface area contributed by atoms with E-state index < -0.39 is 29.3 Å². The maximum Gasteiger partial charge on any atom is 0.266 e. The zero-order chi connectivity index (χ0) is 26.6. The Morgan fingerprint density at radius 2 is 1.89 bits per heavy atom. The number of anilines is 2. The van der Waals surface area contributed by atoms with E-state index in [-0.39, 0.29) is 11.5 Å². The molecule has 2 aromatic carbocycles. The van der Waals surface area contributed by atoms with Crippen molar-refractivity contribution in [1.29, 1.82) is 0 Å². The van der Waals surface area contributed by atoms with Gasteiger partial charge in [-0.3, -0.25) is 4.79 Å². The highest BCUT2D eigenvalue weighted by molar-refractivity contribution is 6.11. The first kappa shape index (κ1) is 25.4. The summed E-state index contributed by atoms with van der Waals surface area (Å²) >= 11 is 0. The molecule has 2 aliphatic rings. The number of nitrogens with zero attached hydrogens (tertiary/aromatic N) is 4. The molecule has 0 saturated carbocycles. The molecular formula is C28H32F3N5O. The van der Waals surface area contributed by atoms with Gasteiger partial charge >= 0.3 is 0 Å². The number of likely N-dealkylation sites (N-methyl/N-ethyl adjacent to an activating group) is 1. The summed E-state index contributed by atoms with van der Waals surface area (Å²) in [4.78, 5) is 17.8. The zero-order valence-electron chi connectivity index (χ0n) is 21.8. The van der Waals surface area contributed by atoms with E-state index in [1.807, 2.05) is 37.8 Å². The molecule has 1 aromatic heterocycles. The van der Waals surface area contributed by atoms with Crippen LogP contribution in [-0.4, -0.2) is 47.2 Å². The van der Waals surface area contributed by atoms with Crippen LogP contribution in [0.4, 0.5) is 24.7 Å². The van der Waals surface area contributed by atoms with Gasteiger partial charge in [-0.25, -0.2) is 13.2 Å². The van der Waals surface area contributed by atoms with Crippen molar-refractivity contribution < 1.29 is 18.0 Å². The highest BCUT2D eigenvalue weighted by Crippen LogP contribution is 2.45. The van der Waals surface area contributed by atoms with Gasteiger partial charge in [0.25, 0.3) is 6.43 Å². The molecule has 2 unspecified atom stereocenters. The molecule has 0 spiro atoms. The molecule has 0 radical (unpaired) electrons. The fourth-order valence-electron chi connectivity index (χ4n) is 5.66. The Labute approximate surface area is 214 Å². The van der Waals surface area contributed by atoms with Crippen LogP contribution in [-0.2, 0) is 10.2 Å². The minimum absolute atomic E-state index is 0.0606. The number of alkyl halides is 2. The summed E-state index contributed by atoms with van der Waals surface area (Å²) < 4.78 is 41.4. The summed E-state index contributed by atoms with van der Waals surface area (Å²) in [5, 5.41) is 13.4. The van der Waals surface area contributed by atoms with Crippen molar-refractivity contribution >= 4 is 28.2 Å². The number of aromatic nitrogens is 2. The number of hydrogen-bond acceptors (Lipinski definition) is 5. The smallest absolute Gasteiger partial charge is 0.266 e.